The lowest BCUT2D eigenvalue weighted by Gasteiger charge is -2.30. The number of rotatable bonds is 14. The summed E-state index contributed by atoms with van der Waals surface area (Å²) in [4.78, 5) is 20.0. The Morgan fingerprint density at radius 2 is 1.93 bits per heavy atom. The number of methoxy groups -OCH3 is 1. The summed E-state index contributed by atoms with van der Waals surface area (Å²) in [6.45, 7) is 17.8. The van der Waals surface area contributed by atoms with Gasteiger partial charge in [0.15, 0.2) is 0 Å². The molecule has 5 nitrogen and oxygen atoms in total. The molecular weight excluding hydrogens is 606 g/mol. The second-order valence-electron chi connectivity index (χ2n) is 12.6. The number of aliphatic imine (C=N–C) groups is 1. The third kappa shape index (κ3) is 9.42. The molecule has 1 N–H and O–H groups in total. The summed E-state index contributed by atoms with van der Waals surface area (Å²) in [5.74, 6) is -0.117. The van der Waals surface area contributed by atoms with Gasteiger partial charge >= 0.3 is 6.18 Å². The van der Waals surface area contributed by atoms with Gasteiger partial charge in [0.25, 0.3) is 0 Å². The maximum absolute atomic E-state index is 13.5. The van der Waals surface area contributed by atoms with Crippen LogP contribution in [0, 0.1) is 18.3 Å². The molecule has 46 heavy (non-hydrogen) atoms. The molecule has 1 atom stereocenters. The van der Waals surface area contributed by atoms with E-state index < -0.39 is 11.6 Å². The lowest BCUT2D eigenvalue weighted by atomic mass is 9.98. The van der Waals surface area contributed by atoms with Crippen molar-refractivity contribution in [3.8, 4) is 0 Å². The Kier molecular flexibility index (Phi) is 12.1. The van der Waals surface area contributed by atoms with E-state index in [1.807, 2.05) is 44.3 Å². The minimum Gasteiger partial charge on any atom is -0.500 e. The first-order chi connectivity index (χ1) is 21.8. The van der Waals surface area contributed by atoms with Crippen molar-refractivity contribution in [1.29, 1.82) is 0 Å². The summed E-state index contributed by atoms with van der Waals surface area (Å²) in [6, 6.07) is 5.83. The molecular formula is C37H47F3N3O2P. The number of carbonyl (C=O) groups is 1. The highest BCUT2D eigenvalue weighted by atomic mass is 31.1. The third-order valence-electron chi connectivity index (χ3n) is 9.08. The van der Waals surface area contributed by atoms with Crippen LogP contribution < -0.4 is 5.32 Å². The fourth-order valence-corrected chi connectivity index (χ4v) is 7.42. The number of ether oxygens (including phenoxy) is 1. The van der Waals surface area contributed by atoms with Crippen molar-refractivity contribution in [3.63, 3.8) is 0 Å². The predicted octanol–water partition coefficient (Wildman–Crippen LogP) is 8.35. The number of benzene rings is 1. The van der Waals surface area contributed by atoms with Crippen molar-refractivity contribution in [2.45, 2.75) is 52.1 Å². The average molecular weight is 654 g/mol. The lowest BCUT2D eigenvalue weighted by molar-refractivity contribution is -0.184. The van der Waals surface area contributed by atoms with E-state index in [0.29, 0.717) is 12.3 Å². The molecule has 248 valence electrons. The lowest BCUT2D eigenvalue weighted by Crippen LogP contribution is -2.34. The molecule has 9 heteroatoms. The van der Waals surface area contributed by atoms with Gasteiger partial charge in [0.2, 0.25) is 5.91 Å². The van der Waals surface area contributed by atoms with Crippen molar-refractivity contribution in [1.82, 2.24) is 10.2 Å². The van der Waals surface area contributed by atoms with Gasteiger partial charge in [-0.05, 0) is 98.5 Å². The van der Waals surface area contributed by atoms with Gasteiger partial charge in [-0.1, -0.05) is 55.7 Å². The summed E-state index contributed by atoms with van der Waals surface area (Å²) in [5, 5.41) is 2.60. The number of halogens is 3. The first-order valence-corrected chi connectivity index (χ1v) is 18.1. The van der Waals surface area contributed by atoms with Crippen LogP contribution in [0.1, 0.15) is 49.3 Å². The molecule has 0 radical (unpaired) electrons. The van der Waals surface area contributed by atoms with Crippen LogP contribution in [-0.4, -0.2) is 68.9 Å². The minimum atomic E-state index is -4.41. The number of hydrogen-bond donors (Lipinski definition) is 1. The number of alkyl halides is 3. The Hall–Kier alpha value is -3.22. The van der Waals surface area contributed by atoms with Gasteiger partial charge in [-0.2, -0.15) is 13.2 Å². The Morgan fingerprint density at radius 3 is 2.54 bits per heavy atom. The van der Waals surface area contributed by atoms with Crippen LogP contribution >= 0.6 is 7.92 Å². The zero-order valence-corrected chi connectivity index (χ0v) is 28.4. The Bertz CT molecular complexity index is 1460. The SMILES string of the molecule is C=C(CC1=CC(CCN2CCP(C)CC2)C=C1)N=C/C(=C\C)c1ccc(CC(=O)NC(=C)/C=C(\OC)C2(C(F)(F)F)CC2)c(C)c1. The molecule has 1 saturated carbocycles. The molecule has 1 amide bonds. The normalized spacial score (nSPS) is 20.6. The molecule has 1 unspecified atom stereocenters. The highest BCUT2D eigenvalue weighted by molar-refractivity contribution is 7.56. The van der Waals surface area contributed by atoms with E-state index in [4.69, 9.17) is 4.74 Å². The van der Waals surface area contributed by atoms with Gasteiger partial charge in [0.05, 0.1) is 13.5 Å². The van der Waals surface area contributed by atoms with Gasteiger partial charge < -0.3 is 15.0 Å². The summed E-state index contributed by atoms with van der Waals surface area (Å²) >= 11 is 0. The van der Waals surface area contributed by atoms with E-state index in [0.717, 1.165) is 40.9 Å². The zero-order chi connectivity index (χ0) is 33.5. The van der Waals surface area contributed by atoms with Crippen LogP contribution in [0.15, 0.2) is 89.5 Å². The fraction of sp³-hybridized carbons (Fsp3) is 0.459. The molecule has 2 fully saturated rings. The maximum Gasteiger partial charge on any atom is 0.401 e. The van der Waals surface area contributed by atoms with Crippen LogP contribution in [0.3, 0.4) is 0 Å². The Labute approximate surface area is 273 Å². The molecule has 0 spiro atoms. The van der Waals surface area contributed by atoms with Crippen LogP contribution in [0.5, 0.6) is 0 Å². The van der Waals surface area contributed by atoms with Gasteiger partial charge in [-0.15, -0.1) is 7.92 Å². The van der Waals surface area contributed by atoms with Crippen LogP contribution in [0.25, 0.3) is 5.57 Å². The second-order valence-corrected chi connectivity index (χ2v) is 15.2. The monoisotopic (exact) mass is 653 g/mol. The Balaban J connectivity index is 1.27. The van der Waals surface area contributed by atoms with Crippen LogP contribution in [0.4, 0.5) is 13.2 Å². The number of allylic oxidation sites excluding steroid dienone is 8. The number of amides is 1. The second kappa shape index (κ2) is 15.6. The van der Waals surface area contributed by atoms with E-state index >= 15 is 0 Å². The smallest absolute Gasteiger partial charge is 0.401 e. The summed E-state index contributed by atoms with van der Waals surface area (Å²) in [5.41, 5.74) is 3.76. The number of aryl methyl sites for hydroxylation is 1. The topological polar surface area (TPSA) is 53.9 Å². The minimum absolute atomic E-state index is 0.0369. The zero-order valence-electron chi connectivity index (χ0n) is 27.6. The van der Waals surface area contributed by atoms with Crippen LogP contribution in [0.2, 0.25) is 0 Å². The number of hydrogen-bond acceptors (Lipinski definition) is 4. The third-order valence-corrected chi connectivity index (χ3v) is 11.0. The first-order valence-electron chi connectivity index (χ1n) is 15.9. The summed E-state index contributed by atoms with van der Waals surface area (Å²) < 4.78 is 45.5. The highest BCUT2D eigenvalue weighted by Crippen LogP contribution is 2.62. The summed E-state index contributed by atoms with van der Waals surface area (Å²) in [7, 11) is 1.46. The molecule has 2 aliphatic carbocycles. The quantitative estimate of drug-likeness (QED) is 0.0951. The van der Waals surface area contributed by atoms with Crippen molar-refractivity contribution in [2.75, 3.05) is 45.7 Å². The maximum atomic E-state index is 13.5. The molecule has 1 aliphatic heterocycles. The van der Waals surface area contributed by atoms with Crippen molar-refractivity contribution >= 4 is 25.6 Å². The number of carbonyl (C=O) groups excluding carboxylic acids is 1. The van der Waals surface area contributed by atoms with Gasteiger partial charge in [0, 0.05) is 37.1 Å². The number of nitrogens with one attached hydrogen (secondary N) is 1. The molecule has 4 rings (SSSR count). The van der Waals surface area contributed by atoms with Crippen molar-refractivity contribution in [3.05, 3.63) is 101 Å². The van der Waals surface area contributed by atoms with Gasteiger partial charge in [0.1, 0.15) is 11.2 Å². The predicted molar refractivity (Wildman–Crippen MR) is 185 cm³/mol. The van der Waals surface area contributed by atoms with E-state index in [-0.39, 0.29) is 44.5 Å². The van der Waals surface area contributed by atoms with E-state index in [1.54, 1.807) is 0 Å². The fourth-order valence-electron chi connectivity index (χ4n) is 5.94. The Morgan fingerprint density at radius 1 is 1.22 bits per heavy atom. The molecule has 1 saturated heterocycles. The standard InChI is InChI=1S/C37H47F3N3O2P/c1-7-31(25-41-27(3)21-30-9-8-29(23-30)12-15-43-16-18-46(6)19-17-43)33-11-10-32(26(2)20-33)24-35(44)42-28(4)22-34(45-5)36(13-14-36)37(38,39)40/h7-11,20,22-23,25,29H,3-4,12-19,21,24H2,1-2,5-6H3,(H,42,44)/b31-7+,34-22-,41-25?. The summed E-state index contributed by atoms with van der Waals surface area (Å²) in [6.07, 6.45) is 12.0. The van der Waals surface area contributed by atoms with Gasteiger partial charge in [-0.25, -0.2) is 0 Å². The van der Waals surface area contributed by atoms with E-state index in [9.17, 15) is 18.0 Å². The van der Waals surface area contributed by atoms with Crippen molar-refractivity contribution in [2.24, 2.45) is 16.3 Å². The van der Waals surface area contributed by atoms with E-state index in [1.165, 1.54) is 44.2 Å². The highest BCUT2D eigenvalue weighted by Gasteiger charge is 2.66. The average Bonchev–Trinajstić information content (AvgIpc) is 3.71. The van der Waals surface area contributed by atoms with Crippen molar-refractivity contribution < 1.29 is 22.7 Å². The number of nitrogens with zero attached hydrogens (tertiary/aromatic N) is 2. The molecule has 3 aliphatic rings. The van der Waals surface area contributed by atoms with Crippen LogP contribution in [-0.2, 0) is 16.0 Å². The molecule has 1 aromatic rings. The molecule has 0 bridgehead atoms. The first kappa shape index (κ1) is 35.6. The van der Waals surface area contributed by atoms with Gasteiger partial charge in [-0.3, -0.25) is 9.79 Å². The molecule has 1 aromatic carbocycles. The van der Waals surface area contributed by atoms with E-state index in [2.05, 4.69) is 53.3 Å². The molecule has 1 heterocycles. The molecule has 0 aromatic heterocycles. The largest absolute Gasteiger partial charge is 0.500 e.